The van der Waals surface area contributed by atoms with Gasteiger partial charge in [0.2, 0.25) is 5.91 Å². The summed E-state index contributed by atoms with van der Waals surface area (Å²) in [5.74, 6) is 0.0203. The highest BCUT2D eigenvalue weighted by atomic mass is 16.5. The van der Waals surface area contributed by atoms with Crippen LogP contribution in [-0.4, -0.2) is 47.3 Å². The van der Waals surface area contributed by atoms with Crippen molar-refractivity contribution in [3.8, 4) is 11.5 Å². The fraction of sp³-hybridized carbons (Fsp3) is 0.370. The molecule has 10 heteroatoms. The van der Waals surface area contributed by atoms with Gasteiger partial charge in [-0.1, -0.05) is 19.1 Å². The molecule has 0 radical (unpaired) electrons. The minimum atomic E-state index is -1.02. The lowest BCUT2D eigenvalue weighted by molar-refractivity contribution is -0.124. The van der Waals surface area contributed by atoms with Crippen LogP contribution in [0.3, 0.4) is 0 Å². The maximum Gasteiger partial charge on any atom is 0.252 e. The summed E-state index contributed by atoms with van der Waals surface area (Å²) in [6, 6.07) is 8.19. The van der Waals surface area contributed by atoms with Gasteiger partial charge in [-0.3, -0.25) is 14.6 Å². The lowest BCUT2D eigenvalue weighted by Gasteiger charge is -2.20. The molecular formula is C27H35N5O5. The lowest BCUT2D eigenvalue weighted by atomic mass is 10.0. The van der Waals surface area contributed by atoms with Crippen molar-refractivity contribution in [2.75, 3.05) is 18.5 Å². The number of pyridine rings is 1. The molecule has 2 amide bonds. The predicted octanol–water partition coefficient (Wildman–Crippen LogP) is 2.76. The first-order valence-corrected chi connectivity index (χ1v) is 12.3. The molecule has 37 heavy (non-hydrogen) atoms. The van der Waals surface area contributed by atoms with Crippen LogP contribution in [0.25, 0.3) is 10.9 Å². The Kier molecular flexibility index (Phi) is 9.26. The van der Waals surface area contributed by atoms with Crippen LogP contribution in [0.4, 0.5) is 11.4 Å². The summed E-state index contributed by atoms with van der Waals surface area (Å²) in [6.45, 7) is 8.35. The van der Waals surface area contributed by atoms with Gasteiger partial charge in [0.15, 0.2) is 11.5 Å². The van der Waals surface area contributed by atoms with Crippen molar-refractivity contribution in [3.63, 3.8) is 0 Å². The van der Waals surface area contributed by atoms with E-state index in [2.05, 4.69) is 15.6 Å². The largest absolute Gasteiger partial charge is 0.490 e. The monoisotopic (exact) mass is 509 g/mol. The average Bonchev–Trinajstić information content (AvgIpc) is 2.87. The fourth-order valence-corrected chi connectivity index (χ4v) is 4.05. The third kappa shape index (κ3) is 6.28. The Labute approximate surface area is 216 Å². The van der Waals surface area contributed by atoms with Gasteiger partial charge in [-0.2, -0.15) is 0 Å². The highest BCUT2D eigenvalue weighted by Crippen LogP contribution is 2.38. The van der Waals surface area contributed by atoms with E-state index in [1.165, 1.54) is 13.1 Å². The normalized spacial score (nSPS) is 12.6. The number of nitrogens with one attached hydrogen (secondary N) is 2. The summed E-state index contributed by atoms with van der Waals surface area (Å²) in [5, 5.41) is 16.4. The van der Waals surface area contributed by atoms with Gasteiger partial charge in [0.1, 0.15) is 6.04 Å². The summed E-state index contributed by atoms with van der Waals surface area (Å²) < 4.78 is 11.5. The number of benzene rings is 2. The topological polar surface area (TPSA) is 162 Å². The number of rotatable bonds is 12. The van der Waals surface area contributed by atoms with E-state index in [4.69, 9.17) is 20.9 Å². The molecule has 0 aliphatic heterocycles. The Bertz CT molecular complexity index is 1280. The number of nitrogens with two attached hydrogens (primary N) is 2. The first-order valence-electron chi connectivity index (χ1n) is 12.3. The van der Waals surface area contributed by atoms with Crippen LogP contribution in [0.15, 0.2) is 36.5 Å². The second-order valence-corrected chi connectivity index (χ2v) is 8.50. The number of ether oxygens (including phenoxy) is 2. The minimum Gasteiger partial charge on any atom is -0.490 e. The number of fused-ring (bicyclic) bond motifs is 1. The van der Waals surface area contributed by atoms with Crippen molar-refractivity contribution in [1.82, 2.24) is 10.3 Å². The van der Waals surface area contributed by atoms with Gasteiger partial charge in [-0.05, 0) is 50.5 Å². The van der Waals surface area contributed by atoms with E-state index in [1.54, 1.807) is 12.1 Å². The average molecular weight is 510 g/mol. The van der Waals surface area contributed by atoms with E-state index < -0.39 is 24.0 Å². The fourth-order valence-electron chi connectivity index (χ4n) is 4.05. The zero-order valence-corrected chi connectivity index (χ0v) is 21.6. The Balaban J connectivity index is 2.07. The van der Waals surface area contributed by atoms with Crippen LogP contribution in [0.5, 0.6) is 11.5 Å². The third-order valence-corrected chi connectivity index (χ3v) is 5.96. The molecule has 1 aromatic heterocycles. The number of aliphatic hydroxyl groups is 1. The summed E-state index contributed by atoms with van der Waals surface area (Å²) in [4.78, 5) is 29.1. The maximum atomic E-state index is 12.4. The molecule has 1 heterocycles. The molecule has 0 aliphatic rings. The Morgan fingerprint density at radius 2 is 1.78 bits per heavy atom. The Morgan fingerprint density at radius 1 is 1.11 bits per heavy atom. The Hall–Kier alpha value is -3.89. The maximum absolute atomic E-state index is 12.4. The predicted molar refractivity (Wildman–Crippen MR) is 143 cm³/mol. The van der Waals surface area contributed by atoms with E-state index in [1.807, 2.05) is 39.0 Å². The highest BCUT2D eigenvalue weighted by Gasteiger charge is 2.20. The number of carbonyl (C=O) groups excluding carboxylic acids is 2. The molecule has 7 N–H and O–H groups in total. The van der Waals surface area contributed by atoms with Crippen LogP contribution < -0.4 is 31.6 Å². The smallest absolute Gasteiger partial charge is 0.252 e. The number of carbonyl (C=O) groups is 2. The van der Waals surface area contributed by atoms with Crippen molar-refractivity contribution in [2.45, 2.75) is 52.8 Å². The highest BCUT2D eigenvalue weighted by molar-refractivity contribution is 6.08. The summed E-state index contributed by atoms with van der Waals surface area (Å²) in [5.41, 5.74) is 15.3. The number of aliphatic hydroxyl groups excluding tert-OH is 1. The van der Waals surface area contributed by atoms with Crippen LogP contribution >= 0.6 is 0 Å². The second-order valence-electron chi connectivity index (χ2n) is 8.50. The molecule has 0 saturated carbocycles. The number of amides is 2. The molecule has 2 aromatic carbocycles. The molecule has 2 atom stereocenters. The molecule has 0 saturated heterocycles. The van der Waals surface area contributed by atoms with Gasteiger partial charge in [-0.25, -0.2) is 0 Å². The number of hydrogen-bond acceptors (Lipinski definition) is 8. The molecule has 0 spiro atoms. The van der Waals surface area contributed by atoms with E-state index >= 15 is 0 Å². The zero-order valence-electron chi connectivity index (χ0n) is 21.6. The number of primary amides is 1. The van der Waals surface area contributed by atoms with Crippen molar-refractivity contribution in [1.29, 1.82) is 0 Å². The van der Waals surface area contributed by atoms with E-state index in [9.17, 15) is 14.7 Å². The van der Waals surface area contributed by atoms with E-state index in [-0.39, 0.29) is 12.1 Å². The molecular weight excluding hydrogens is 474 g/mol. The van der Waals surface area contributed by atoms with Gasteiger partial charge in [0, 0.05) is 29.9 Å². The van der Waals surface area contributed by atoms with Crippen LogP contribution in [0.2, 0.25) is 0 Å². The van der Waals surface area contributed by atoms with Crippen molar-refractivity contribution in [3.05, 3.63) is 53.2 Å². The number of aromatic nitrogens is 1. The zero-order chi connectivity index (χ0) is 27.1. The number of hydrogen-bond donors (Lipinski definition) is 5. The molecule has 198 valence electrons. The first-order chi connectivity index (χ1) is 17.7. The van der Waals surface area contributed by atoms with Gasteiger partial charge < -0.3 is 36.7 Å². The van der Waals surface area contributed by atoms with Gasteiger partial charge in [0.05, 0.1) is 36.1 Å². The van der Waals surface area contributed by atoms with Crippen molar-refractivity contribution < 1.29 is 24.2 Å². The molecule has 10 nitrogen and oxygen atoms in total. The number of nitrogens with zero attached hydrogens (tertiary/aromatic N) is 1. The standard InChI is InChI=1S/C27H35N5O5/c1-5-17-16(13-31-27(35)24(28)15(4)33)9-8-10-20(17)32-25-18-11-22(36-6-2)23(37-7-3)12-21(18)30-14-19(25)26(29)34/h8-12,14-15,24,33H,5-7,13,28H2,1-4H3,(H2,29,34)(H,30,32)(H,31,35)/t15-,24+/m1/s1. The Morgan fingerprint density at radius 3 is 2.38 bits per heavy atom. The molecule has 0 aliphatic carbocycles. The van der Waals surface area contributed by atoms with Gasteiger partial charge in [-0.15, -0.1) is 0 Å². The quantitative estimate of drug-likeness (QED) is 0.249. The van der Waals surface area contributed by atoms with Crippen LogP contribution in [-0.2, 0) is 17.8 Å². The lowest BCUT2D eigenvalue weighted by Crippen LogP contribution is -2.46. The molecule has 3 rings (SSSR count). The molecule has 0 fully saturated rings. The summed E-state index contributed by atoms with van der Waals surface area (Å²) >= 11 is 0. The summed E-state index contributed by atoms with van der Waals surface area (Å²) in [7, 11) is 0. The second kappa shape index (κ2) is 12.4. The SMILES string of the molecule is CCOc1cc2ncc(C(N)=O)c(Nc3cccc(CNC(=O)[C@@H](N)[C@@H](C)O)c3CC)c2cc1OCC. The molecule has 0 unspecified atom stereocenters. The van der Waals surface area contributed by atoms with Crippen molar-refractivity contribution in [2.24, 2.45) is 11.5 Å². The number of anilines is 2. The minimum absolute atomic E-state index is 0.225. The van der Waals surface area contributed by atoms with E-state index in [0.29, 0.717) is 47.7 Å². The van der Waals surface area contributed by atoms with Crippen LogP contribution in [0, 0.1) is 0 Å². The first kappa shape index (κ1) is 27.7. The van der Waals surface area contributed by atoms with Gasteiger partial charge >= 0.3 is 0 Å². The molecule has 3 aromatic rings. The molecule has 0 bridgehead atoms. The third-order valence-electron chi connectivity index (χ3n) is 5.96. The van der Waals surface area contributed by atoms with Crippen molar-refractivity contribution >= 4 is 34.1 Å². The van der Waals surface area contributed by atoms with E-state index in [0.717, 1.165) is 16.8 Å². The van der Waals surface area contributed by atoms with Gasteiger partial charge in [0.25, 0.3) is 5.91 Å². The summed E-state index contributed by atoms with van der Waals surface area (Å²) in [6.07, 6.45) is 1.12. The van der Waals surface area contributed by atoms with Crippen LogP contribution in [0.1, 0.15) is 49.2 Å².